The summed E-state index contributed by atoms with van der Waals surface area (Å²) in [6.07, 6.45) is 5.14. The van der Waals surface area contributed by atoms with Gasteiger partial charge in [-0.3, -0.25) is 9.13 Å². The number of nitrogens with zero attached hydrogens (tertiary/aromatic N) is 7. The predicted octanol–water partition coefficient (Wildman–Crippen LogP) is 2.53. The Morgan fingerprint density at radius 3 is 2.59 bits per heavy atom. The second-order valence-electron chi connectivity index (χ2n) is 7.04. The van der Waals surface area contributed by atoms with E-state index in [-0.39, 0.29) is 5.69 Å². The number of pyridine rings is 1. The number of hydrogen-bond donors (Lipinski definition) is 0. The van der Waals surface area contributed by atoms with Crippen LogP contribution in [0.15, 0.2) is 53.7 Å². The van der Waals surface area contributed by atoms with Crippen molar-refractivity contribution in [2.75, 3.05) is 0 Å². The van der Waals surface area contributed by atoms with Gasteiger partial charge in [-0.1, -0.05) is 37.6 Å². The summed E-state index contributed by atoms with van der Waals surface area (Å²) in [5.74, 6) is 0.672. The summed E-state index contributed by atoms with van der Waals surface area (Å²) < 4.78 is 5.16. The Bertz CT molecular complexity index is 1170. The van der Waals surface area contributed by atoms with E-state index in [0.717, 1.165) is 40.9 Å². The van der Waals surface area contributed by atoms with Gasteiger partial charge in [-0.25, -0.2) is 9.78 Å². The van der Waals surface area contributed by atoms with Crippen molar-refractivity contribution in [3.8, 4) is 16.9 Å². The van der Waals surface area contributed by atoms with Crippen LogP contribution >= 0.6 is 0 Å². The van der Waals surface area contributed by atoms with E-state index in [2.05, 4.69) is 39.6 Å². The number of tetrazole rings is 1. The van der Waals surface area contributed by atoms with Gasteiger partial charge in [0, 0.05) is 30.2 Å². The molecule has 0 fully saturated rings. The van der Waals surface area contributed by atoms with Crippen LogP contribution in [0.3, 0.4) is 0 Å². The van der Waals surface area contributed by atoms with E-state index >= 15 is 0 Å². The van der Waals surface area contributed by atoms with E-state index in [0.29, 0.717) is 12.4 Å². The summed E-state index contributed by atoms with van der Waals surface area (Å²) in [6.45, 7) is 4.70. The van der Waals surface area contributed by atoms with Gasteiger partial charge in [0.15, 0.2) is 5.82 Å². The number of hydrogen-bond acceptors (Lipinski definition) is 5. The zero-order valence-electron chi connectivity index (χ0n) is 16.8. The molecule has 148 valence electrons. The van der Waals surface area contributed by atoms with E-state index in [1.165, 1.54) is 6.33 Å². The van der Waals surface area contributed by atoms with Crippen molar-refractivity contribution in [1.29, 1.82) is 0 Å². The maximum Gasteiger partial charge on any atom is 0.328 e. The number of aromatic nitrogens is 7. The summed E-state index contributed by atoms with van der Waals surface area (Å²) in [7, 11) is 1.83. The molecule has 0 unspecified atom stereocenters. The molecule has 29 heavy (non-hydrogen) atoms. The molecule has 3 heterocycles. The smallest absolute Gasteiger partial charge is 0.299 e. The zero-order chi connectivity index (χ0) is 20.4. The van der Waals surface area contributed by atoms with Crippen LogP contribution in [0.5, 0.6) is 0 Å². The van der Waals surface area contributed by atoms with E-state index in [1.54, 1.807) is 15.4 Å². The summed E-state index contributed by atoms with van der Waals surface area (Å²) in [5, 5.41) is 11.3. The molecule has 0 saturated heterocycles. The van der Waals surface area contributed by atoms with Crippen LogP contribution in [0.2, 0.25) is 0 Å². The lowest BCUT2D eigenvalue weighted by Crippen LogP contribution is -2.24. The van der Waals surface area contributed by atoms with Crippen molar-refractivity contribution < 1.29 is 0 Å². The third kappa shape index (κ3) is 3.49. The SMILES string of the molecule is CCCc1c(C)n(C)c(=O)n1Cc1ccc(-c2cccnc2-n2cnnn2)cc1. The van der Waals surface area contributed by atoms with Gasteiger partial charge in [0.1, 0.15) is 6.33 Å². The molecular formula is C21H23N7O. The molecule has 0 bridgehead atoms. The maximum absolute atomic E-state index is 12.7. The minimum atomic E-state index is 0.0308. The molecule has 4 aromatic rings. The average Bonchev–Trinajstić information content (AvgIpc) is 3.35. The molecule has 0 amide bonds. The third-order valence-corrected chi connectivity index (χ3v) is 5.21. The number of imidazole rings is 1. The first-order valence-corrected chi connectivity index (χ1v) is 9.62. The first-order chi connectivity index (χ1) is 14.1. The molecule has 8 nitrogen and oxygen atoms in total. The molecular weight excluding hydrogens is 366 g/mol. The van der Waals surface area contributed by atoms with Crippen molar-refractivity contribution in [2.24, 2.45) is 7.05 Å². The molecule has 0 spiro atoms. The minimum Gasteiger partial charge on any atom is -0.299 e. The summed E-state index contributed by atoms with van der Waals surface area (Å²) in [4.78, 5) is 17.1. The predicted molar refractivity (Wildman–Crippen MR) is 110 cm³/mol. The monoisotopic (exact) mass is 389 g/mol. The van der Waals surface area contributed by atoms with Crippen molar-refractivity contribution in [3.63, 3.8) is 0 Å². The van der Waals surface area contributed by atoms with Crippen molar-refractivity contribution in [2.45, 2.75) is 33.2 Å². The van der Waals surface area contributed by atoms with Gasteiger partial charge < -0.3 is 0 Å². The molecule has 0 atom stereocenters. The van der Waals surface area contributed by atoms with E-state index in [4.69, 9.17) is 0 Å². The number of rotatable bonds is 6. The average molecular weight is 389 g/mol. The molecule has 0 aliphatic heterocycles. The van der Waals surface area contributed by atoms with Crippen LogP contribution in [0, 0.1) is 6.92 Å². The van der Waals surface area contributed by atoms with E-state index in [1.807, 2.05) is 42.8 Å². The Kier molecular flexibility index (Phi) is 5.07. The normalized spacial score (nSPS) is 11.1. The van der Waals surface area contributed by atoms with Crippen LogP contribution in [-0.4, -0.2) is 34.3 Å². The topological polar surface area (TPSA) is 83.4 Å². The molecule has 0 aliphatic rings. The first-order valence-electron chi connectivity index (χ1n) is 9.62. The highest BCUT2D eigenvalue weighted by atomic mass is 16.1. The molecule has 4 rings (SSSR count). The van der Waals surface area contributed by atoms with Crippen LogP contribution in [0.1, 0.15) is 30.3 Å². The molecule has 3 aromatic heterocycles. The minimum absolute atomic E-state index is 0.0308. The molecule has 0 N–H and O–H groups in total. The standard InChI is InChI=1S/C21H23N7O/c1-4-6-19-15(2)26(3)21(29)27(19)13-16-8-10-17(11-9-16)18-7-5-12-22-20(18)28-14-23-24-25-28/h5,7-12,14H,4,6,13H2,1-3H3. The second-order valence-corrected chi connectivity index (χ2v) is 7.04. The van der Waals surface area contributed by atoms with Gasteiger partial charge in [-0.15, -0.1) is 5.10 Å². The summed E-state index contributed by atoms with van der Waals surface area (Å²) >= 11 is 0. The van der Waals surface area contributed by atoms with Crippen LogP contribution in [0.4, 0.5) is 0 Å². The molecule has 0 saturated carbocycles. The van der Waals surface area contributed by atoms with Gasteiger partial charge >= 0.3 is 5.69 Å². The van der Waals surface area contributed by atoms with Gasteiger partial charge in [0.2, 0.25) is 0 Å². The Labute approximate surface area is 168 Å². The van der Waals surface area contributed by atoms with Gasteiger partial charge in [0.25, 0.3) is 0 Å². The molecule has 8 heteroatoms. The fourth-order valence-corrected chi connectivity index (χ4v) is 3.58. The lowest BCUT2D eigenvalue weighted by molar-refractivity contribution is 0.681. The lowest BCUT2D eigenvalue weighted by atomic mass is 10.0. The zero-order valence-corrected chi connectivity index (χ0v) is 16.8. The highest BCUT2D eigenvalue weighted by Crippen LogP contribution is 2.25. The Balaban J connectivity index is 1.66. The molecule has 0 aliphatic carbocycles. The second kappa shape index (κ2) is 7.83. The number of benzene rings is 1. The van der Waals surface area contributed by atoms with Gasteiger partial charge in [0.05, 0.1) is 6.54 Å². The molecule has 1 aromatic carbocycles. The first kappa shape index (κ1) is 18.8. The van der Waals surface area contributed by atoms with Crippen LogP contribution < -0.4 is 5.69 Å². The van der Waals surface area contributed by atoms with Crippen LogP contribution in [-0.2, 0) is 20.0 Å². The molecule has 0 radical (unpaired) electrons. The fourth-order valence-electron chi connectivity index (χ4n) is 3.58. The summed E-state index contributed by atoms with van der Waals surface area (Å²) in [6, 6.07) is 12.1. The Hall–Kier alpha value is -3.55. The quantitative estimate of drug-likeness (QED) is 0.506. The Morgan fingerprint density at radius 1 is 1.10 bits per heavy atom. The van der Waals surface area contributed by atoms with Crippen molar-refractivity contribution in [3.05, 3.63) is 76.4 Å². The van der Waals surface area contributed by atoms with Crippen molar-refractivity contribution in [1.82, 2.24) is 34.3 Å². The lowest BCUT2D eigenvalue weighted by Gasteiger charge is -2.10. The van der Waals surface area contributed by atoms with E-state index < -0.39 is 0 Å². The van der Waals surface area contributed by atoms with Gasteiger partial charge in [-0.05, 0) is 47.0 Å². The van der Waals surface area contributed by atoms with Crippen LogP contribution in [0.25, 0.3) is 16.9 Å². The summed E-state index contributed by atoms with van der Waals surface area (Å²) in [5.41, 5.74) is 5.20. The van der Waals surface area contributed by atoms with E-state index in [9.17, 15) is 4.79 Å². The third-order valence-electron chi connectivity index (χ3n) is 5.21. The van der Waals surface area contributed by atoms with Gasteiger partial charge in [-0.2, -0.15) is 4.68 Å². The highest BCUT2D eigenvalue weighted by molar-refractivity contribution is 5.70. The van der Waals surface area contributed by atoms with Crippen molar-refractivity contribution >= 4 is 0 Å². The largest absolute Gasteiger partial charge is 0.328 e. The fraction of sp³-hybridized carbons (Fsp3) is 0.286. The Morgan fingerprint density at radius 2 is 1.90 bits per heavy atom. The highest BCUT2D eigenvalue weighted by Gasteiger charge is 2.14. The maximum atomic E-state index is 12.7.